The van der Waals surface area contributed by atoms with Crippen LogP contribution in [0.3, 0.4) is 0 Å². The van der Waals surface area contributed by atoms with Gasteiger partial charge in [0.1, 0.15) is 5.75 Å². The van der Waals surface area contributed by atoms with Gasteiger partial charge in [0.05, 0.1) is 11.8 Å². The van der Waals surface area contributed by atoms with Crippen LogP contribution in [0.5, 0.6) is 5.75 Å². The lowest BCUT2D eigenvalue weighted by atomic mass is 9.78. The van der Waals surface area contributed by atoms with Gasteiger partial charge in [-0.15, -0.1) is 0 Å². The Bertz CT molecular complexity index is 1010. The molecule has 2 aromatic carbocycles. The molecule has 1 heterocycles. The quantitative estimate of drug-likeness (QED) is 0.596. The van der Waals surface area contributed by atoms with Crippen LogP contribution >= 0.6 is 0 Å². The molecule has 160 valence electrons. The fourth-order valence-corrected chi connectivity index (χ4v) is 5.24. The Labute approximate surface area is 182 Å². The number of rotatable bonds is 8. The molecule has 6 nitrogen and oxygen atoms in total. The van der Waals surface area contributed by atoms with E-state index in [9.17, 15) is 4.79 Å². The van der Waals surface area contributed by atoms with E-state index in [4.69, 9.17) is 9.26 Å². The number of nitrogens with zero attached hydrogens (tertiary/aromatic N) is 2. The van der Waals surface area contributed by atoms with Gasteiger partial charge < -0.3 is 14.6 Å². The van der Waals surface area contributed by atoms with Crippen molar-refractivity contribution in [2.45, 2.75) is 38.2 Å². The van der Waals surface area contributed by atoms with Gasteiger partial charge in [0, 0.05) is 6.54 Å². The number of nitrogens with one attached hydrogen (secondary N) is 1. The number of carbonyl (C=O) groups is 1. The van der Waals surface area contributed by atoms with Gasteiger partial charge in [-0.3, -0.25) is 4.79 Å². The van der Waals surface area contributed by atoms with Crippen molar-refractivity contribution in [3.05, 3.63) is 77.9 Å². The number of carbonyl (C=O) groups excluding carboxylic acids is 1. The van der Waals surface area contributed by atoms with Gasteiger partial charge in [-0.05, 0) is 55.2 Å². The number of hydrogen-bond donors (Lipinski definition) is 1. The van der Waals surface area contributed by atoms with Crippen molar-refractivity contribution in [2.75, 3.05) is 6.54 Å². The molecule has 0 unspecified atom stereocenters. The van der Waals surface area contributed by atoms with Crippen LogP contribution in [0.15, 0.2) is 65.2 Å². The smallest absolute Gasteiger partial charge is 0.230 e. The SMILES string of the molecule is O=C(NCCc1ccccc1)[C@H]1[C@H]2CC[C@H](C2)[C@@H]1c1nc(COc2ccccc2)no1. The average Bonchev–Trinajstić information content (AvgIpc) is 3.55. The van der Waals surface area contributed by atoms with Crippen LogP contribution in [-0.2, 0) is 17.8 Å². The number of para-hydroxylation sites is 1. The summed E-state index contributed by atoms with van der Waals surface area (Å²) in [5, 5.41) is 7.27. The van der Waals surface area contributed by atoms with Gasteiger partial charge in [0.2, 0.25) is 17.6 Å². The molecule has 5 rings (SSSR count). The summed E-state index contributed by atoms with van der Waals surface area (Å²) < 4.78 is 11.4. The molecule has 6 heteroatoms. The van der Waals surface area contributed by atoms with Gasteiger partial charge in [0.15, 0.2) is 6.61 Å². The predicted octanol–water partition coefficient (Wildman–Crippen LogP) is 4.14. The van der Waals surface area contributed by atoms with Gasteiger partial charge in [-0.1, -0.05) is 53.7 Å². The normalized spacial score (nSPS) is 24.3. The standard InChI is InChI=1S/C25H27N3O3/c29-24(26-14-13-17-7-3-1-4-8-17)22-18-11-12-19(15-18)23(22)25-27-21(28-31-25)16-30-20-9-5-2-6-10-20/h1-10,18-19,22-23H,11-16H2,(H,26,29)/t18-,19+,22-,23-/m0/s1. The second kappa shape index (κ2) is 8.92. The van der Waals surface area contributed by atoms with E-state index >= 15 is 0 Å². The summed E-state index contributed by atoms with van der Waals surface area (Å²) in [6.07, 6.45) is 4.14. The summed E-state index contributed by atoms with van der Waals surface area (Å²) in [6, 6.07) is 19.8. The molecular weight excluding hydrogens is 390 g/mol. The van der Waals surface area contributed by atoms with Crippen molar-refractivity contribution in [1.82, 2.24) is 15.5 Å². The zero-order chi connectivity index (χ0) is 21.0. The van der Waals surface area contributed by atoms with Crippen LogP contribution in [-0.4, -0.2) is 22.6 Å². The highest BCUT2D eigenvalue weighted by Gasteiger charge is 2.53. The Morgan fingerprint density at radius 2 is 1.77 bits per heavy atom. The summed E-state index contributed by atoms with van der Waals surface area (Å²) in [7, 11) is 0. The highest BCUT2D eigenvalue weighted by molar-refractivity contribution is 5.80. The largest absolute Gasteiger partial charge is 0.485 e. The van der Waals surface area contributed by atoms with Crippen molar-refractivity contribution in [3.63, 3.8) is 0 Å². The highest BCUT2D eigenvalue weighted by atomic mass is 16.5. The molecule has 1 amide bonds. The molecule has 31 heavy (non-hydrogen) atoms. The molecule has 0 spiro atoms. The third kappa shape index (κ3) is 4.33. The third-order valence-electron chi connectivity index (χ3n) is 6.65. The highest BCUT2D eigenvalue weighted by Crippen LogP contribution is 2.56. The summed E-state index contributed by atoms with van der Waals surface area (Å²) in [4.78, 5) is 17.7. The van der Waals surface area contributed by atoms with E-state index in [1.807, 2.05) is 48.5 Å². The number of benzene rings is 2. The fraction of sp³-hybridized carbons (Fsp3) is 0.400. The summed E-state index contributed by atoms with van der Waals surface area (Å²) >= 11 is 0. The molecule has 1 aromatic heterocycles. The third-order valence-corrected chi connectivity index (χ3v) is 6.65. The first-order valence-electron chi connectivity index (χ1n) is 11.1. The Hall–Kier alpha value is -3.15. The molecular formula is C25H27N3O3. The van der Waals surface area contributed by atoms with E-state index in [1.165, 1.54) is 5.56 Å². The van der Waals surface area contributed by atoms with Crippen molar-refractivity contribution in [1.29, 1.82) is 0 Å². The Balaban J connectivity index is 1.22. The lowest BCUT2D eigenvalue weighted by Crippen LogP contribution is -2.38. The van der Waals surface area contributed by atoms with Gasteiger partial charge in [0.25, 0.3) is 0 Å². The number of hydrogen-bond acceptors (Lipinski definition) is 5. The molecule has 2 aliphatic carbocycles. The van der Waals surface area contributed by atoms with Crippen LogP contribution in [0.2, 0.25) is 0 Å². The number of fused-ring (bicyclic) bond motifs is 2. The van der Waals surface area contributed by atoms with E-state index < -0.39 is 0 Å². The van der Waals surface area contributed by atoms with E-state index in [-0.39, 0.29) is 24.3 Å². The summed E-state index contributed by atoms with van der Waals surface area (Å²) in [5.41, 5.74) is 1.23. The maximum atomic E-state index is 13.1. The number of amides is 1. The van der Waals surface area contributed by atoms with Gasteiger partial charge in [-0.25, -0.2) is 0 Å². The second-order valence-corrected chi connectivity index (χ2v) is 8.56. The van der Waals surface area contributed by atoms with Crippen molar-refractivity contribution >= 4 is 5.91 Å². The van der Waals surface area contributed by atoms with Gasteiger partial charge in [-0.2, -0.15) is 4.98 Å². The predicted molar refractivity (Wildman–Crippen MR) is 115 cm³/mol. The first-order chi connectivity index (χ1) is 15.3. The maximum absolute atomic E-state index is 13.1. The molecule has 2 aliphatic rings. The van der Waals surface area contributed by atoms with Crippen LogP contribution in [0.4, 0.5) is 0 Å². The summed E-state index contributed by atoms with van der Waals surface area (Å²) in [6.45, 7) is 0.895. The van der Waals surface area contributed by atoms with E-state index in [0.717, 1.165) is 31.4 Å². The Morgan fingerprint density at radius 1 is 1.03 bits per heavy atom. The minimum atomic E-state index is -0.0853. The molecule has 0 saturated heterocycles. The van der Waals surface area contributed by atoms with E-state index in [1.54, 1.807) is 0 Å². The van der Waals surface area contributed by atoms with Crippen LogP contribution < -0.4 is 10.1 Å². The van der Waals surface area contributed by atoms with Gasteiger partial charge >= 0.3 is 0 Å². The lowest BCUT2D eigenvalue weighted by molar-refractivity contribution is -0.127. The second-order valence-electron chi connectivity index (χ2n) is 8.56. The average molecular weight is 418 g/mol. The monoisotopic (exact) mass is 417 g/mol. The Morgan fingerprint density at radius 3 is 2.58 bits per heavy atom. The first kappa shape index (κ1) is 19.8. The minimum Gasteiger partial charge on any atom is -0.485 e. The molecule has 0 radical (unpaired) electrons. The molecule has 3 aromatic rings. The number of ether oxygens (including phenoxy) is 1. The van der Waals surface area contributed by atoms with E-state index in [0.29, 0.717) is 30.1 Å². The van der Waals surface area contributed by atoms with Crippen LogP contribution in [0.1, 0.15) is 42.5 Å². The zero-order valence-corrected chi connectivity index (χ0v) is 17.4. The lowest BCUT2D eigenvalue weighted by Gasteiger charge is -2.27. The van der Waals surface area contributed by atoms with Crippen LogP contribution in [0, 0.1) is 17.8 Å². The van der Waals surface area contributed by atoms with E-state index in [2.05, 4.69) is 27.6 Å². The molecule has 2 saturated carbocycles. The molecule has 2 fully saturated rings. The fourth-order valence-electron chi connectivity index (χ4n) is 5.24. The van der Waals surface area contributed by atoms with Crippen molar-refractivity contribution < 1.29 is 14.1 Å². The Kier molecular flexibility index (Phi) is 5.69. The molecule has 4 atom stereocenters. The van der Waals surface area contributed by atoms with Crippen LogP contribution in [0.25, 0.3) is 0 Å². The molecule has 2 bridgehead atoms. The molecule has 0 aliphatic heterocycles. The minimum absolute atomic E-state index is 0.00782. The zero-order valence-electron chi connectivity index (χ0n) is 17.4. The maximum Gasteiger partial charge on any atom is 0.230 e. The van der Waals surface area contributed by atoms with Crippen molar-refractivity contribution in [2.24, 2.45) is 17.8 Å². The number of aromatic nitrogens is 2. The first-order valence-corrected chi connectivity index (χ1v) is 11.1. The van der Waals surface area contributed by atoms with Crippen molar-refractivity contribution in [3.8, 4) is 5.75 Å². The summed E-state index contributed by atoms with van der Waals surface area (Å²) in [5.74, 6) is 2.76. The topological polar surface area (TPSA) is 77.2 Å². The molecule has 1 N–H and O–H groups in total.